The Morgan fingerprint density at radius 3 is 2.66 bits per heavy atom. The standard InChI is InChI=1S/C27H28FN3O7/c1-6-14(2)17-11-20(38-18(17)9-7-15(3)24(33)37-5)27(25(34)29-26(35)30-27)13-31-12-16-8-10-19(36-4)22(28)21(16)23(31)32/h7-11,14H,3,6,12-13H2,1-2,4-5H3,(H2,29,30,34,35). The fraction of sp³-hybridized carbons (Fsp3) is 0.333. The van der Waals surface area contributed by atoms with Crippen LogP contribution in [0.1, 0.15) is 59.2 Å². The number of methoxy groups -OCH3 is 2. The molecule has 0 saturated carbocycles. The number of halogens is 1. The Morgan fingerprint density at radius 1 is 1.32 bits per heavy atom. The van der Waals surface area contributed by atoms with Gasteiger partial charge in [0.2, 0.25) is 0 Å². The van der Waals surface area contributed by atoms with Gasteiger partial charge >= 0.3 is 12.0 Å². The number of ether oxygens (including phenoxy) is 2. The van der Waals surface area contributed by atoms with Crippen LogP contribution in [0.25, 0.3) is 6.08 Å². The first-order chi connectivity index (χ1) is 18.1. The Kier molecular flexibility index (Phi) is 7.12. The van der Waals surface area contributed by atoms with E-state index in [2.05, 4.69) is 21.9 Å². The van der Waals surface area contributed by atoms with Crippen LogP contribution in [0, 0.1) is 5.82 Å². The van der Waals surface area contributed by atoms with Crippen molar-refractivity contribution in [2.45, 2.75) is 38.3 Å². The number of fused-ring (bicyclic) bond motifs is 1. The maximum Gasteiger partial charge on any atom is 0.337 e. The molecule has 11 heteroatoms. The van der Waals surface area contributed by atoms with Gasteiger partial charge in [-0.3, -0.25) is 14.9 Å². The number of carbonyl (C=O) groups is 4. The van der Waals surface area contributed by atoms with E-state index in [0.29, 0.717) is 11.3 Å². The van der Waals surface area contributed by atoms with Crippen molar-refractivity contribution in [3.8, 4) is 5.75 Å². The zero-order chi connectivity index (χ0) is 27.8. The predicted molar refractivity (Wildman–Crippen MR) is 134 cm³/mol. The average molecular weight is 526 g/mol. The molecular weight excluding hydrogens is 497 g/mol. The van der Waals surface area contributed by atoms with E-state index in [4.69, 9.17) is 9.15 Å². The normalized spacial score (nSPS) is 19.4. The SMILES string of the molecule is C=C(C=Cc1oc(C2(CN3Cc4ccc(OC)c(F)c4C3=O)NC(=O)NC2=O)cc1C(C)CC)C(=O)OC. The van der Waals surface area contributed by atoms with Gasteiger partial charge in [0.15, 0.2) is 17.1 Å². The number of hydrogen-bond donors (Lipinski definition) is 2. The highest BCUT2D eigenvalue weighted by molar-refractivity contribution is 6.08. The Labute approximate surface area is 218 Å². The quantitative estimate of drug-likeness (QED) is 0.222. The number of hydrogen-bond acceptors (Lipinski definition) is 7. The number of urea groups is 1. The third-order valence-electron chi connectivity index (χ3n) is 6.88. The van der Waals surface area contributed by atoms with Crippen molar-refractivity contribution in [3.63, 3.8) is 0 Å². The number of nitrogens with one attached hydrogen (secondary N) is 2. The maximum atomic E-state index is 14.9. The molecule has 2 N–H and O–H groups in total. The summed E-state index contributed by atoms with van der Waals surface area (Å²) in [7, 11) is 2.54. The van der Waals surface area contributed by atoms with Gasteiger partial charge in [-0.2, -0.15) is 0 Å². The first-order valence-electron chi connectivity index (χ1n) is 11.9. The van der Waals surface area contributed by atoms with Crippen LogP contribution in [0.2, 0.25) is 0 Å². The van der Waals surface area contributed by atoms with Crippen molar-refractivity contribution in [1.29, 1.82) is 0 Å². The van der Waals surface area contributed by atoms with E-state index in [1.165, 1.54) is 37.3 Å². The number of amides is 4. The van der Waals surface area contributed by atoms with E-state index in [9.17, 15) is 23.6 Å². The Balaban J connectivity index is 1.75. The summed E-state index contributed by atoms with van der Waals surface area (Å²) in [6.07, 6.45) is 3.69. The van der Waals surface area contributed by atoms with Crippen molar-refractivity contribution in [2.24, 2.45) is 0 Å². The third kappa shape index (κ3) is 4.44. The van der Waals surface area contributed by atoms with Gasteiger partial charge in [-0.05, 0) is 42.2 Å². The zero-order valence-corrected chi connectivity index (χ0v) is 21.5. The molecule has 1 fully saturated rings. The minimum atomic E-state index is -1.77. The number of carbonyl (C=O) groups excluding carboxylic acids is 4. The van der Waals surface area contributed by atoms with Crippen molar-refractivity contribution < 1.29 is 37.5 Å². The van der Waals surface area contributed by atoms with E-state index >= 15 is 0 Å². The van der Waals surface area contributed by atoms with Crippen molar-refractivity contribution in [1.82, 2.24) is 15.5 Å². The molecule has 0 spiro atoms. The number of rotatable bonds is 9. The summed E-state index contributed by atoms with van der Waals surface area (Å²) in [5, 5.41) is 4.83. The second kappa shape index (κ2) is 10.2. The molecule has 2 aromatic rings. The number of esters is 1. The monoisotopic (exact) mass is 525 g/mol. The van der Waals surface area contributed by atoms with Crippen LogP contribution in [0.3, 0.4) is 0 Å². The van der Waals surface area contributed by atoms with Crippen LogP contribution >= 0.6 is 0 Å². The number of furan rings is 1. The lowest BCUT2D eigenvalue weighted by atomic mass is 9.92. The molecule has 4 amide bonds. The van der Waals surface area contributed by atoms with Gasteiger partial charge in [0.25, 0.3) is 11.8 Å². The largest absolute Gasteiger partial charge is 0.494 e. The molecule has 3 heterocycles. The minimum Gasteiger partial charge on any atom is -0.494 e. The number of benzene rings is 1. The maximum absolute atomic E-state index is 14.9. The molecule has 2 aliphatic heterocycles. The summed E-state index contributed by atoms with van der Waals surface area (Å²) in [6, 6.07) is 3.90. The van der Waals surface area contributed by atoms with Crippen molar-refractivity contribution in [2.75, 3.05) is 20.8 Å². The van der Waals surface area contributed by atoms with Crippen LogP contribution in [0.15, 0.2) is 40.8 Å². The van der Waals surface area contributed by atoms with E-state index in [0.717, 1.165) is 12.0 Å². The fourth-order valence-corrected chi connectivity index (χ4v) is 4.56. The van der Waals surface area contributed by atoms with Gasteiger partial charge in [0, 0.05) is 12.1 Å². The van der Waals surface area contributed by atoms with Gasteiger partial charge in [0.05, 0.1) is 31.9 Å². The highest BCUT2D eigenvalue weighted by Gasteiger charge is 2.53. The smallest absolute Gasteiger partial charge is 0.337 e. The molecule has 0 radical (unpaired) electrons. The molecule has 1 saturated heterocycles. The molecule has 0 bridgehead atoms. The number of nitrogens with zero attached hydrogens (tertiary/aromatic N) is 1. The lowest BCUT2D eigenvalue weighted by molar-refractivity contribution is -0.135. The first kappa shape index (κ1) is 26.6. The Morgan fingerprint density at radius 2 is 2.05 bits per heavy atom. The van der Waals surface area contributed by atoms with Crippen LogP contribution in [-0.2, 0) is 26.4 Å². The topological polar surface area (TPSA) is 127 Å². The molecule has 2 atom stereocenters. The summed E-state index contributed by atoms with van der Waals surface area (Å²) < 4.78 is 30.7. The van der Waals surface area contributed by atoms with E-state index in [1.54, 1.807) is 12.1 Å². The van der Waals surface area contributed by atoms with E-state index in [-0.39, 0.29) is 41.7 Å². The molecule has 2 aliphatic rings. The average Bonchev–Trinajstić information content (AvgIpc) is 3.55. The first-order valence-corrected chi connectivity index (χ1v) is 11.9. The third-order valence-corrected chi connectivity index (χ3v) is 6.88. The van der Waals surface area contributed by atoms with Crippen molar-refractivity contribution >= 4 is 29.9 Å². The summed E-state index contributed by atoms with van der Waals surface area (Å²) in [5.41, 5.74) is -0.688. The molecule has 38 heavy (non-hydrogen) atoms. The lowest BCUT2D eigenvalue weighted by Crippen LogP contribution is -2.52. The second-order valence-electron chi connectivity index (χ2n) is 9.18. The highest BCUT2D eigenvalue weighted by atomic mass is 19.1. The Hall–Kier alpha value is -4.41. The van der Waals surface area contributed by atoms with Crippen LogP contribution in [0.4, 0.5) is 9.18 Å². The summed E-state index contributed by atoms with van der Waals surface area (Å²) in [6.45, 7) is 7.30. The molecule has 0 aliphatic carbocycles. The molecule has 4 rings (SSSR count). The molecule has 200 valence electrons. The van der Waals surface area contributed by atoms with Gasteiger partial charge < -0.3 is 24.1 Å². The van der Waals surface area contributed by atoms with Gasteiger partial charge in [-0.1, -0.05) is 26.5 Å². The summed E-state index contributed by atoms with van der Waals surface area (Å²) in [4.78, 5) is 51.8. The van der Waals surface area contributed by atoms with Crippen LogP contribution in [-0.4, -0.2) is 49.5 Å². The summed E-state index contributed by atoms with van der Waals surface area (Å²) in [5.74, 6) is -2.43. The molecule has 1 aromatic carbocycles. The van der Waals surface area contributed by atoms with Gasteiger partial charge in [-0.25, -0.2) is 14.0 Å². The summed E-state index contributed by atoms with van der Waals surface area (Å²) >= 11 is 0. The van der Waals surface area contributed by atoms with E-state index in [1.807, 2.05) is 13.8 Å². The zero-order valence-electron chi connectivity index (χ0n) is 21.5. The fourth-order valence-electron chi connectivity index (χ4n) is 4.56. The predicted octanol–water partition coefficient (Wildman–Crippen LogP) is 3.37. The molecule has 1 aromatic heterocycles. The minimum absolute atomic E-state index is 0.0185. The van der Waals surface area contributed by atoms with Crippen molar-refractivity contribution in [3.05, 3.63) is 70.5 Å². The van der Waals surface area contributed by atoms with Crippen LogP contribution < -0.4 is 15.4 Å². The second-order valence-corrected chi connectivity index (χ2v) is 9.18. The number of imide groups is 1. The molecular formula is C27H28FN3O7. The van der Waals surface area contributed by atoms with Gasteiger partial charge in [-0.15, -0.1) is 0 Å². The van der Waals surface area contributed by atoms with E-state index < -0.39 is 35.2 Å². The Bertz CT molecular complexity index is 1380. The lowest BCUT2D eigenvalue weighted by Gasteiger charge is -2.29. The van der Waals surface area contributed by atoms with Gasteiger partial charge in [0.1, 0.15) is 11.5 Å². The molecule has 10 nitrogen and oxygen atoms in total. The molecule has 2 unspecified atom stereocenters. The van der Waals surface area contributed by atoms with Crippen LogP contribution in [0.5, 0.6) is 5.75 Å². The highest BCUT2D eigenvalue weighted by Crippen LogP contribution is 2.37.